The van der Waals surface area contributed by atoms with Gasteiger partial charge in [0.25, 0.3) is 11.8 Å². The van der Waals surface area contributed by atoms with E-state index in [1.165, 1.54) is 12.1 Å². The fourth-order valence-corrected chi connectivity index (χ4v) is 3.60. The molecule has 2 aromatic rings. The largest absolute Gasteiger partial charge is 0.490 e. The summed E-state index contributed by atoms with van der Waals surface area (Å²) in [5, 5.41) is 2.61. The van der Waals surface area contributed by atoms with E-state index in [9.17, 15) is 14.4 Å². The highest BCUT2D eigenvalue weighted by molar-refractivity contribution is 6.39. The minimum absolute atomic E-state index is 0.206. The standard InChI is InChI=1S/C26H25ClN2O5/c1-5-8-18-12-17(14-22(33-7-3)23(18)34-11-6-2)13-20-24(30)28-26(32)29(25(20)31)19-10-9-16(4)21(27)15-19/h5-6,9-10,12-15H,1-2,7-8,11H2,3-4H3,(H,28,30,32)/b20-13-. The molecule has 1 saturated heterocycles. The van der Waals surface area contributed by atoms with Crippen molar-refractivity contribution in [3.63, 3.8) is 0 Å². The van der Waals surface area contributed by atoms with E-state index >= 15 is 0 Å². The van der Waals surface area contributed by atoms with Gasteiger partial charge < -0.3 is 9.47 Å². The lowest BCUT2D eigenvalue weighted by Gasteiger charge is -2.26. The van der Waals surface area contributed by atoms with Crippen LogP contribution >= 0.6 is 11.6 Å². The molecular weight excluding hydrogens is 456 g/mol. The van der Waals surface area contributed by atoms with Crippen molar-refractivity contribution >= 4 is 41.2 Å². The summed E-state index contributed by atoms with van der Waals surface area (Å²) in [6, 6.07) is 7.39. The second-order valence-electron chi connectivity index (χ2n) is 7.42. The summed E-state index contributed by atoms with van der Waals surface area (Å²) in [5.41, 5.74) is 2.13. The number of nitrogens with zero attached hydrogens (tertiary/aromatic N) is 1. The highest BCUT2D eigenvalue weighted by Gasteiger charge is 2.37. The summed E-state index contributed by atoms with van der Waals surface area (Å²) in [7, 11) is 0. The highest BCUT2D eigenvalue weighted by Crippen LogP contribution is 2.35. The van der Waals surface area contributed by atoms with Gasteiger partial charge in [-0.25, -0.2) is 9.69 Å². The first-order valence-corrected chi connectivity index (χ1v) is 11.0. The molecule has 0 saturated carbocycles. The fraction of sp³-hybridized carbons (Fsp3) is 0.192. The number of anilines is 1. The number of imide groups is 2. The Morgan fingerprint density at radius 1 is 1.09 bits per heavy atom. The Balaban J connectivity index is 2.08. The second kappa shape index (κ2) is 10.9. The van der Waals surface area contributed by atoms with E-state index in [4.69, 9.17) is 21.1 Å². The number of benzene rings is 2. The molecule has 4 amide bonds. The molecule has 8 heteroatoms. The van der Waals surface area contributed by atoms with E-state index in [0.717, 1.165) is 16.0 Å². The summed E-state index contributed by atoms with van der Waals surface area (Å²) in [6.45, 7) is 11.8. The van der Waals surface area contributed by atoms with Gasteiger partial charge in [-0.1, -0.05) is 36.4 Å². The Kier molecular flexibility index (Phi) is 7.91. The topological polar surface area (TPSA) is 84.9 Å². The molecule has 0 aromatic heterocycles. The van der Waals surface area contributed by atoms with Gasteiger partial charge in [-0.05, 0) is 61.7 Å². The Morgan fingerprint density at radius 2 is 1.85 bits per heavy atom. The number of amides is 4. The monoisotopic (exact) mass is 480 g/mol. The molecule has 1 aliphatic rings. The predicted octanol–water partition coefficient (Wildman–Crippen LogP) is 5.01. The third kappa shape index (κ3) is 5.21. The summed E-state index contributed by atoms with van der Waals surface area (Å²) in [5.74, 6) is -0.560. The Labute approximate surface area is 203 Å². The number of barbiturate groups is 1. The molecule has 0 bridgehead atoms. The summed E-state index contributed by atoms with van der Waals surface area (Å²) in [4.78, 5) is 39.2. The number of urea groups is 1. The number of allylic oxidation sites excluding steroid dienone is 1. The van der Waals surface area contributed by atoms with E-state index < -0.39 is 17.8 Å². The minimum Gasteiger partial charge on any atom is -0.490 e. The van der Waals surface area contributed by atoms with Crippen molar-refractivity contribution in [1.29, 1.82) is 0 Å². The van der Waals surface area contributed by atoms with Gasteiger partial charge in [0.15, 0.2) is 11.5 Å². The Bertz CT molecular complexity index is 1200. The molecule has 0 unspecified atom stereocenters. The van der Waals surface area contributed by atoms with Crippen LogP contribution in [0, 0.1) is 6.92 Å². The smallest absolute Gasteiger partial charge is 0.335 e. The Morgan fingerprint density at radius 3 is 2.50 bits per heavy atom. The molecule has 1 aliphatic heterocycles. The first kappa shape index (κ1) is 24.8. The van der Waals surface area contributed by atoms with Crippen LogP contribution in [0.15, 0.2) is 61.2 Å². The third-order valence-corrected chi connectivity index (χ3v) is 5.40. The SMILES string of the molecule is C=CCOc1c(CC=C)cc(/C=C2/C(=O)NC(=O)N(c3ccc(C)c(Cl)c3)C2=O)cc1OCC. The molecule has 34 heavy (non-hydrogen) atoms. The van der Waals surface area contributed by atoms with Crippen molar-refractivity contribution in [2.24, 2.45) is 0 Å². The van der Waals surface area contributed by atoms with Gasteiger partial charge >= 0.3 is 6.03 Å². The number of rotatable bonds is 9. The zero-order valence-corrected chi connectivity index (χ0v) is 19.8. The first-order chi connectivity index (χ1) is 16.3. The van der Waals surface area contributed by atoms with Crippen molar-refractivity contribution in [2.45, 2.75) is 20.3 Å². The van der Waals surface area contributed by atoms with Gasteiger partial charge in [-0.15, -0.1) is 6.58 Å². The maximum absolute atomic E-state index is 13.2. The van der Waals surface area contributed by atoms with Crippen molar-refractivity contribution in [3.8, 4) is 11.5 Å². The van der Waals surface area contributed by atoms with Gasteiger partial charge in [0.1, 0.15) is 12.2 Å². The summed E-state index contributed by atoms with van der Waals surface area (Å²) in [6.07, 6.45) is 5.22. The average molecular weight is 481 g/mol. The van der Waals surface area contributed by atoms with E-state index in [1.807, 2.05) is 6.92 Å². The number of hydrogen-bond acceptors (Lipinski definition) is 5. The number of aryl methyl sites for hydroxylation is 1. The van der Waals surface area contributed by atoms with Crippen molar-refractivity contribution < 1.29 is 23.9 Å². The van der Waals surface area contributed by atoms with Crippen molar-refractivity contribution in [2.75, 3.05) is 18.1 Å². The van der Waals surface area contributed by atoms with Crippen molar-refractivity contribution in [1.82, 2.24) is 5.32 Å². The lowest BCUT2D eigenvalue weighted by Crippen LogP contribution is -2.54. The van der Waals surface area contributed by atoms with Gasteiger partial charge in [-0.3, -0.25) is 14.9 Å². The lowest BCUT2D eigenvalue weighted by molar-refractivity contribution is -0.122. The number of carbonyl (C=O) groups is 3. The van der Waals surface area contributed by atoms with E-state index in [0.29, 0.717) is 35.1 Å². The second-order valence-corrected chi connectivity index (χ2v) is 7.83. The van der Waals surface area contributed by atoms with E-state index in [-0.39, 0.29) is 17.9 Å². The summed E-state index contributed by atoms with van der Waals surface area (Å²) < 4.78 is 11.5. The molecular formula is C26H25ClN2O5. The van der Waals surface area contributed by atoms with Crippen molar-refractivity contribution in [3.05, 3.63) is 82.9 Å². The molecule has 0 radical (unpaired) electrons. The Hall–Kier alpha value is -3.84. The zero-order chi connectivity index (χ0) is 24.8. The maximum atomic E-state index is 13.2. The van der Waals surface area contributed by atoms with Gasteiger partial charge in [0, 0.05) is 10.6 Å². The predicted molar refractivity (Wildman–Crippen MR) is 132 cm³/mol. The molecule has 0 spiro atoms. The third-order valence-electron chi connectivity index (χ3n) is 4.99. The summed E-state index contributed by atoms with van der Waals surface area (Å²) >= 11 is 6.18. The number of carbonyl (C=O) groups excluding carboxylic acids is 3. The lowest BCUT2D eigenvalue weighted by atomic mass is 10.0. The van der Waals surface area contributed by atoms with Gasteiger partial charge in [0.05, 0.1) is 12.3 Å². The van der Waals surface area contributed by atoms with Crippen LogP contribution in [0.5, 0.6) is 11.5 Å². The molecule has 1 heterocycles. The van der Waals surface area contributed by atoms with Gasteiger partial charge in [-0.2, -0.15) is 0 Å². The van der Waals surface area contributed by atoms with Crippen LogP contribution < -0.4 is 19.7 Å². The number of ether oxygens (including phenoxy) is 2. The normalized spacial score (nSPS) is 14.7. The van der Waals surface area contributed by atoms with Crippen LogP contribution in [0.2, 0.25) is 5.02 Å². The zero-order valence-electron chi connectivity index (χ0n) is 19.0. The van der Waals surface area contributed by atoms with Crippen LogP contribution in [0.3, 0.4) is 0 Å². The molecule has 0 aliphatic carbocycles. The molecule has 1 N–H and O–H groups in total. The van der Waals surface area contributed by atoms with Crippen LogP contribution in [0.1, 0.15) is 23.6 Å². The minimum atomic E-state index is -0.845. The molecule has 176 valence electrons. The molecule has 3 rings (SSSR count). The molecule has 2 aromatic carbocycles. The van der Waals surface area contributed by atoms with E-state index in [1.54, 1.807) is 43.3 Å². The molecule has 7 nitrogen and oxygen atoms in total. The van der Waals surface area contributed by atoms with Crippen LogP contribution in [0.4, 0.5) is 10.5 Å². The van der Waals surface area contributed by atoms with Gasteiger partial charge in [0.2, 0.25) is 0 Å². The number of nitrogens with one attached hydrogen (secondary N) is 1. The quantitative estimate of drug-likeness (QED) is 0.310. The fourth-order valence-electron chi connectivity index (χ4n) is 3.42. The molecule has 0 atom stereocenters. The number of hydrogen-bond donors (Lipinski definition) is 1. The highest BCUT2D eigenvalue weighted by atomic mass is 35.5. The van der Waals surface area contributed by atoms with Crippen LogP contribution in [0.25, 0.3) is 6.08 Å². The molecule has 1 fully saturated rings. The average Bonchev–Trinajstić information content (AvgIpc) is 2.79. The maximum Gasteiger partial charge on any atom is 0.335 e. The van der Waals surface area contributed by atoms with Crippen LogP contribution in [-0.2, 0) is 16.0 Å². The van der Waals surface area contributed by atoms with Crippen LogP contribution in [-0.4, -0.2) is 31.1 Å². The first-order valence-electron chi connectivity index (χ1n) is 10.6. The number of halogens is 1. The van der Waals surface area contributed by atoms with E-state index in [2.05, 4.69) is 18.5 Å².